The highest BCUT2D eigenvalue weighted by Gasteiger charge is 2.23. The fourth-order valence-corrected chi connectivity index (χ4v) is 3.45. The number of sulfonamides is 1. The van der Waals surface area contributed by atoms with Gasteiger partial charge >= 0.3 is 5.97 Å². The molecule has 25 heavy (non-hydrogen) atoms. The topological polar surface area (TPSA) is 92.8 Å². The van der Waals surface area contributed by atoms with Gasteiger partial charge in [0.25, 0.3) is 5.91 Å². The molecule has 0 aliphatic heterocycles. The van der Waals surface area contributed by atoms with Crippen LogP contribution in [0.15, 0.2) is 23.1 Å². The lowest BCUT2D eigenvalue weighted by Gasteiger charge is -2.14. The number of nitrogens with one attached hydrogen (secondary N) is 1. The smallest absolute Gasteiger partial charge is 0.338 e. The molecule has 0 aromatic heterocycles. The molecule has 0 bridgehead atoms. The molecule has 1 unspecified atom stereocenters. The lowest BCUT2D eigenvalue weighted by atomic mass is 10.2. The van der Waals surface area contributed by atoms with E-state index in [2.05, 4.69) is 5.32 Å². The van der Waals surface area contributed by atoms with Gasteiger partial charge in [0.1, 0.15) is 4.90 Å². The average molecular weight is 391 g/mol. The zero-order valence-corrected chi connectivity index (χ0v) is 16.3. The van der Waals surface area contributed by atoms with E-state index in [0.29, 0.717) is 0 Å². The van der Waals surface area contributed by atoms with Crippen LogP contribution in [-0.4, -0.2) is 51.3 Å². The van der Waals surface area contributed by atoms with Gasteiger partial charge < -0.3 is 10.1 Å². The van der Waals surface area contributed by atoms with E-state index in [9.17, 15) is 18.0 Å². The zero-order valence-electron chi connectivity index (χ0n) is 14.7. The zero-order chi connectivity index (χ0) is 19.2. The summed E-state index contributed by atoms with van der Waals surface area (Å²) in [6.45, 7) is 3.43. The Morgan fingerprint density at radius 1 is 1.32 bits per heavy atom. The number of hydrogen-bond donors (Lipinski definition) is 1. The molecule has 7 nitrogen and oxygen atoms in total. The highest BCUT2D eigenvalue weighted by atomic mass is 35.5. The molecule has 1 aromatic carbocycles. The Hall–Kier alpha value is -1.64. The fraction of sp³-hybridized carbons (Fsp3) is 0.500. The Morgan fingerprint density at radius 2 is 1.96 bits per heavy atom. The highest BCUT2D eigenvalue weighted by molar-refractivity contribution is 7.89. The number of benzene rings is 1. The van der Waals surface area contributed by atoms with Gasteiger partial charge in [-0.1, -0.05) is 24.9 Å². The van der Waals surface area contributed by atoms with Crippen molar-refractivity contribution in [2.24, 2.45) is 0 Å². The lowest BCUT2D eigenvalue weighted by molar-refractivity contribution is -0.124. The molecule has 1 N–H and O–H groups in total. The van der Waals surface area contributed by atoms with Crippen LogP contribution in [0.25, 0.3) is 0 Å². The van der Waals surface area contributed by atoms with E-state index < -0.39 is 28.5 Å². The number of halogens is 1. The minimum absolute atomic E-state index is 0.000711. The molecule has 9 heteroatoms. The number of esters is 1. The third-order valence-electron chi connectivity index (χ3n) is 3.39. The van der Waals surface area contributed by atoms with Gasteiger partial charge in [0.2, 0.25) is 10.0 Å². The van der Waals surface area contributed by atoms with Gasteiger partial charge in [-0.3, -0.25) is 4.79 Å². The van der Waals surface area contributed by atoms with Gasteiger partial charge in [-0.15, -0.1) is 0 Å². The molecule has 0 aliphatic carbocycles. The van der Waals surface area contributed by atoms with E-state index in [1.54, 1.807) is 0 Å². The van der Waals surface area contributed by atoms with Gasteiger partial charge in [0, 0.05) is 20.1 Å². The molecule has 0 saturated heterocycles. The first-order valence-corrected chi connectivity index (χ1v) is 9.60. The SMILES string of the molecule is CCCC(C)NC(=O)COC(=O)c1ccc(Cl)c(S(=O)(=O)N(C)C)c1. The standard InChI is InChI=1S/C16H23ClN2O5S/c1-5-6-11(2)18-15(20)10-24-16(21)12-7-8-13(17)14(9-12)25(22,23)19(3)4/h7-9,11H,5-6,10H2,1-4H3,(H,18,20). The van der Waals surface area contributed by atoms with Crippen LogP contribution in [0.3, 0.4) is 0 Å². The van der Waals surface area contributed by atoms with Crippen LogP contribution in [0.2, 0.25) is 5.02 Å². The number of amides is 1. The van der Waals surface area contributed by atoms with Crippen molar-refractivity contribution < 1.29 is 22.7 Å². The van der Waals surface area contributed by atoms with E-state index in [0.717, 1.165) is 23.2 Å². The number of nitrogens with zero attached hydrogens (tertiary/aromatic N) is 1. The summed E-state index contributed by atoms with van der Waals surface area (Å²) < 4.78 is 30.3. The predicted molar refractivity (Wildman–Crippen MR) is 95.1 cm³/mol. The first-order chi connectivity index (χ1) is 11.6. The number of rotatable bonds is 8. The number of hydrogen-bond acceptors (Lipinski definition) is 5. The summed E-state index contributed by atoms with van der Waals surface area (Å²) in [6.07, 6.45) is 1.75. The molecule has 0 aliphatic rings. The summed E-state index contributed by atoms with van der Waals surface area (Å²) in [5, 5.41) is 2.70. The molecule has 1 aromatic rings. The Labute approximate surface area is 153 Å². The lowest BCUT2D eigenvalue weighted by Crippen LogP contribution is -2.35. The Kier molecular flexibility index (Phi) is 7.85. The van der Waals surface area contributed by atoms with Crippen molar-refractivity contribution in [1.82, 2.24) is 9.62 Å². The molecule has 140 valence electrons. The molecule has 0 radical (unpaired) electrons. The maximum absolute atomic E-state index is 12.2. The molecular formula is C16H23ClN2O5S. The van der Waals surface area contributed by atoms with E-state index in [4.69, 9.17) is 16.3 Å². The molecule has 1 rings (SSSR count). The molecule has 0 heterocycles. The summed E-state index contributed by atoms with van der Waals surface area (Å²) in [5.41, 5.74) is -0.000711. The van der Waals surface area contributed by atoms with E-state index in [-0.39, 0.29) is 21.5 Å². The van der Waals surface area contributed by atoms with Crippen molar-refractivity contribution in [3.63, 3.8) is 0 Å². The van der Waals surface area contributed by atoms with Crippen LogP contribution >= 0.6 is 11.6 Å². The van der Waals surface area contributed by atoms with Gasteiger partial charge in [-0.25, -0.2) is 17.5 Å². The number of carbonyl (C=O) groups excluding carboxylic acids is 2. The van der Waals surface area contributed by atoms with Gasteiger partial charge in [-0.05, 0) is 31.5 Å². The highest BCUT2D eigenvalue weighted by Crippen LogP contribution is 2.25. The van der Waals surface area contributed by atoms with E-state index >= 15 is 0 Å². The molecule has 0 spiro atoms. The van der Waals surface area contributed by atoms with Crippen LogP contribution < -0.4 is 5.32 Å². The third-order valence-corrected chi connectivity index (χ3v) is 5.69. The average Bonchev–Trinajstić information content (AvgIpc) is 2.52. The first kappa shape index (κ1) is 21.4. The summed E-state index contributed by atoms with van der Waals surface area (Å²) in [7, 11) is -1.08. The van der Waals surface area contributed by atoms with Crippen LogP contribution in [0.4, 0.5) is 0 Å². The van der Waals surface area contributed by atoms with Gasteiger partial charge in [0.05, 0.1) is 10.6 Å². The Balaban J connectivity index is 2.82. The summed E-state index contributed by atoms with van der Waals surface area (Å²) in [5.74, 6) is -1.21. The van der Waals surface area contributed by atoms with E-state index in [1.807, 2.05) is 13.8 Å². The largest absolute Gasteiger partial charge is 0.452 e. The number of carbonyl (C=O) groups is 2. The van der Waals surface area contributed by atoms with Gasteiger partial charge in [0.15, 0.2) is 6.61 Å². The summed E-state index contributed by atoms with van der Waals surface area (Å²) in [4.78, 5) is 23.6. The van der Waals surface area contributed by atoms with Crippen molar-refractivity contribution in [1.29, 1.82) is 0 Å². The van der Waals surface area contributed by atoms with E-state index in [1.165, 1.54) is 26.2 Å². The summed E-state index contributed by atoms with van der Waals surface area (Å²) >= 11 is 5.92. The minimum Gasteiger partial charge on any atom is -0.452 e. The molecule has 1 atom stereocenters. The first-order valence-electron chi connectivity index (χ1n) is 7.78. The van der Waals surface area contributed by atoms with Crippen molar-refractivity contribution in [3.8, 4) is 0 Å². The second-order valence-electron chi connectivity index (χ2n) is 5.77. The van der Waals surface area contributed by atoms with Crippen LogP contribution in [-0.2, 0) is 19.6 Å². The second-order valence-corrected chi connectivity index (χ2v) is 8.29. The summed E-state index contributed by atoms with van der Waals surface area (Å²) in [6, 6.07) is 3.77. The van der Waals surface area contributed by atoms with Crippen LogP contribution in [0, 0.1) is 0 Å². The predicted octanol–water partition coefficient (Wildman–Crippen LogP) is 2.05. The Bertz CT molecular complexity index is 734. The van der Waals surface area contributed by atoms with Crippen LogP contribution in [0.1, 0.15) is 37.0 Å². The quantitative estimate of drug-likeness (QED) is 0.686. The maximum atomic E-state index is 12.2. The van der Waals surface area contributed by atoms with Crippen molar-refractivity contribution >= 4 is 33.5 Å². The van der Waals surface area contributed by atoms with Gasteiger partial charge in [-0.2, -0.15) is 0 Å². The molecule has 1 amide bonds. The molecular weight excluding hydrogens is 368 g/mol. The van der Waals surface area contributed by atoms with Crippen molar-refractivity contribution in [2.45, 2.75) is 37.6 Å². The molecule has 0 fully saturated rings. The minimum atomic E-state index is -3.80. The normalized spacial score (nSPS) is 12.7. The fourth-order valence-electron chi connectivity index (χ4n) is 2.06. The van der Waals surface area contributed by atoms with Crippen molar-refractivity contribution in [3.05, 3.63) is 28.8 Å². The monoisotopic (exact) mass is 390 g/mol. The number of ether oxygens (including phenoxy) is 1. The molecule has 0 saturated carbocycles. The maximum Gasteiger partial charge on any atom is 0.338 e. The Morgan fingerprint density at radius 3 is 2.52 bits per heavy atom. The second kappa shape index (κ2) is 9.17. The van der Waals surface area contributed by atoms with Crippen LogP contribution in [0.5, 0.6) is 0 Å². The third kappa shape index (κ3) is 5.98. The van der Waals surface area contributed by atoms with Crippen molar-refractivity contribution in [2.75, 3.05) is 20.7 Å².